The Morgan fingerprint density at radius 3 is 2.00 bits per heavy atom. The lowest BCUT2D eigenvalue weighted by Crippen LogP contribution is -2.51. The largest absolute Gasteiger partial charge is 0.467 e. The van der Waals surface area contributed by atoms with Crippen LogP contribution in [0.3, 0.4) is 0 Å². The molecule has 2 atom stereocenters. The number of hydrogen-bond acceptors (Lipinski definition) is 4. The fraction of sp³-hybridized carbons (Fsp3) is 0.364. The SMILES string of the molecule is COC(=O)[C@H](C)N(C(=O)[C@@H](N)CC(C)C)c1ccc(-c2ccccc2)cc1.Cl. The third kappa shape index (κ3) is 5.81. The molecule has 2 rings (SSSR count). The van der Waals surface area contributed by atoms with Crippen LogP contribution in [0.5, 0.6) is 0 Å². The van der Waals surface area contributed by atoms with Gasteiger partial charge >= 0.3 is 5.97 Å². The maximum absolute atomic E-state index is 13.0. The zero-order valence-corrected chi connectivity index (χ0v) is 17.6. The van der Waals surface area contributed by atoms with Crippen LogP contribution in [-0.4, -0.2) is 31.1 Å². The number of esters is 1. The van der Waals surface area contributed by atoms with Crippen LogP contribution in [0.4, 0.5) is 5.69 Å². The molecule has 0 fully saturated rings. The van der Waals surface area contributed by atoms with Crippen LogP contribution in [-0.2, 0) is 14.3 Å². The molecule has 0 aliphatic heterocycles. The zero-order chi connectivity index (χ0) is 20.0. The van der Waals surface area contributed by atoms with Crippen molar-refractivity contribution in [3.8, 4) is 11.1 Å². The van der Waals surface area contributed by atoms with E-state index in [-0.39, 0.29) is 24.2 Å². The summed E-state index contributed by atoms with van der Waals surface area (Å²) in [7, 11) is 1.31. The predicted molar refractivity (Wildman–Crippen MR) is 116 cm³/mol. The zero-order valence-electron chi connectivity index (χ0n) is 16.8. The normalized spacial score (nSPS) is 12.6. The number of amides is 1. The van der Waals surface area contributed by atoms with Gasteiger partial charge in [-0.2, -0.15) is 0 Å². The van der Waals surface area contributed by atoms with Gasteiger partial charge in [0.15, 0.2) is 0 Å². The van der Waals surface area contributed by atoms with Gasteiger partial charge in [-0.05, 0) is 42.5 Å². The summed E-state index contributed by atoms with van der Waals surface area (Å²) in [5, 5.41) is 0. The first-order valence-electron chi connectivity index (χ1n) is 9.17. The lowest BCUT2D eigenvalue weighted by Gasteiger charge is -2.30. The molecule has 0 saturated carbocycles. The van der Waals surface area contributed by atoms with Gasteiger partial charge in [-0.25, -0.2) is 4.79 Å². The van der Waals surface area contributed by atoms with Crippen molar-refractivity contribution >= 4 is 30.0 Å². The van der Waals surface area contributed by atoms with Crippen LogP contribution >= 0.6 is 12.4 Å². The monoisotopic (exact) mass is 404 g/mol. The Balaban J connectivity index is 0.00000392. The molecule has 0 unspecified atom stereocenters. The minimum absolute atomic E-state index is 0. The third-order valence-electron chi connectivity index (χ3n) is 4.46. The smallest absolute Gasteiger partial charge is 0.328 e. The molecule has 0 saturated heterocycles. The summed E-state index contributed by atoms with van der Waals surface area (Å²) >= 11 is 0. The van der Waals surface area contributed by atoms with E-state index < -0.39 is 18.1 Å². The molecule has 152 valence electrons. The second kappa shape index (κ2) is 10.8. The van der Waals surface area contributed by atoms with E-state index in [2.05, 4.69) is 0 Å². The molecule has 1 amide bonds. The van der Waals surface area contributed by atoms with E-state index >= 15 is 0 Å². The van der Waals surface area contributed by atoms with E-state index in [4.69, 9.17) is 10.5 Å². The minimum Gasteiger partial charge on any atom is -0.467 e. The number of halogens is 1. The summed E-state index contributed by atoms with van der Waals surface area (Å²) < 4.78 is 4.84. The Hall–Kier alpha value is -2.37. The Bertz CT molecular complexity index is 763. The molecule has 0 heterocycles. The maximum Gasteiger partial charge on any atom is 0.328 e. The van der Waals surface area contributed by atoms with Gasteiger partial charge in [-0.1, -0.05) is 56.3 Å². The summed E-state index contributed by atoms with van der Waals surface area (Å²) in [6, 6.07) is 16.1. The summed E-state index contributed by atoms with van der Waals surface area (Å²) in [6.45, 7) is 5.67. The highest BCUT2D eigenvalue weighted by Crippen LogP contribution is 2.25. The number of benzene rings is 2. The second-order valence-corrected chi connectivity index (χ2v) is 7.06. The molecule has 28 heavy (non-hydrogen) atoms. The predicted octanol–water partition coefficient (Wildman–Crippen LogP) is 4.04. The van der Waals surface area contributed by atoms with Crippen molar-refractivity contribution in [3.05, 3.63) is 54.6 Å². The number of methoxy groups -OCH3 is 1. The number of anilines is 1. The molecule has 0 radical (unpaired) electrons. The Labute approximate surface area is 173 Å². The Morgan fingerprint density at radius 2 is 1.50 bits per heavy atom. The number of carbonyl (C=O) groups is 2. The highest BCUT2D eigenvalue weighted by molar-refractivity contribution is 6.02. The fourth-order valence-electron chi connectivity index (χ4n) is 3.05. The average molecular weight is 405 g/mol. The van der Waals surface area contributed by atoms with Gasteiger partial charge < -0.3 is 10.5 Å². The highest BCUT2D eigenvalue weighted by atomic mass is 35.5. The van der Waals surface area contributed by atoms with E-state index in [9.17, 15) is 9.59 Å². The van der Waals surface area contributed by atoms with Crippen LogP contribution in [0.25, 0.3) is 11.1 Å². The fourth-order valence-corrected chi connectivity index (χ4v) is 3.05. The number of hydrogen-bond donors (Lipinski definition) is 1. The molecule has 0 bridgehead atoms. The van der Waals surface area contributed by atoms with E-state index in [0.717, 1.165) is 11.1 Å². The van der Waals surface area contributed by atoms with Crippen molar-refractivity contribution in [3.63, 3.8) is 0 Å². The molecule has 2 aromatic carbocycles. The lowest BCUT2D eigenvalue weighted by molar-refractivity contribution is -0.143. The maximum atomic E-state index is 13.0. The molecule has 0 aliphatic rings. The second-order valence-electron chi connectivity index (χ2n) is 7.06. The number of rotatable bonds is 7. The summed E-state index contributed by atoms with van der Waals surface area (Å²) in [5.41, 5.74) is 8.85. The molecule has 0 aliphatic carbocycles. The molecule has 5 nitrogen and oxygen atoms in total. The van der Waals surface area contributed by atoms with Crippen LogP contribution < -0.4 is 10.6 Å². The number of nitrogens with zero attached hydrogens (tertiary/aromatic N) is 1. The first kappa shape index (κ1) is 23.7. The molecular weight excluding hydrogens is 376 g/mol. The van der Waals surface area contributed by atoms with E-state index in [1.165, 1.54) is 12.0 Å². The van der Waals surface area contributed by atoms with Crippen molar-refractivity contribution in [2.75, 3.05) is 12.0 Å². The molecule has 2 aromatic rings. The minimum atomic E-state index is -0.761. The van der Waals surface area contributed by atoms with Crippen molar-refractivity contribution in [1.82, 2.24) is 0 Å². The van der Waals surface area contributed by atoms with Gasteiger partial charge in [0.25, 0.3) is 0 Å². The first-order chi connectivity index (χ1) is 12.8. The molecule has 6 heteroatoms. The highest BCUT2D eigenvalue weighted by Gasteiger charge is 2.31. The van der Waals surface area contributed by atoms with Crippen LogP contribution in [0.15, 0.2) is 54.6 Å². The Morgan fingerprint density at radius 1 is 0.964 bits per heavy atom. The molecular formula is C22H29ClN2O3. The van der Waals surface area contributed by atoms with Crippen molar-refractivity contribution in [2.24, 2.45) is 11.7 Å². The van der Waals surface area contributed by atoms with Crippen molar-refractivity contribution in [1.29, 1.82) is 0 Å². The average Bonchev–Trinajstić information content (AvgIpc) is 2.68. The number of ether oxygens (including phenoxy) is 1. The molecule has 2 N–H and O–H groups in total. The van der Waals surface area contributed by atoms with Gasteiger partial charge in [0.2, 0.25) is 5.91 Å². The number of carbonyl (C=O) groups excluding carboxylic acids is 2. The topological polar surface area (TPSA) is 72.6 Å². The quantitative estimate of drug-likeness (QED) is 0.706. The van der Waals surface area contributed by atoms with Gasteiger partial charge in [-0.15, -0.1) is 12.4 Å². The van der Waals surface area contributed by atoms with Crippen LogP contribution in [0.1, 0.15) is 27.2 Å². The van der Waals surface area contributed by atoms with Gasteiger partial charge in [0, 0.05) is 5.69 Å². The van der Waals surface area contributed by atoms with E-state index in [1.807, 2.05) is 68.4 Å². The van der Waals surface area contributed by atoms with Gasteiger partial charge in [-0.3, -0.25) is 9.69 Å². The van der Waals surface area contributed by atoms with Crippen LogP contribution in [0.2, 0.25) is 0 Å². The Kier molecular flexibility index (Phi) is 9.16. The standard InChI is InChI=1S/C22H28N2O3.ClH/c1-15(2)14-20(23)21(25)24(16(3)22(26)27-4)19-12-10-18(11-13-19)17-8-6-5-7-9-17;/h5-13,15-16,20H,14,23H2,1-4H3;1H/t16-,20-;/m0./s1. The third-order valence-corrected chi connectivity index (χ3v) is 4.46. The van der Waals surface area contributed by atoms with E-state index in [1.54, 1.807) is 6.92 Å². The summed E-state index contributed by atoms with van der Waals surface area (Å²) in [6.07, 6.45) is 0.547. The van der Waals surface area contributed by atoms with Crippen molar-refractivity contribution in [2.45, 2.75) is 39.3 Å². The van der Waals surface area contributed by atoms with Crippen molar-refractivity contribution < 1.29 is 14.3 Å². The molecule has 0 aromatic heterocycles. The first-order valence-corrected chi connectivity index (χ1v) is 9.17. The van der Waals surface area contributed by atoms with E-state index in [0.29, 0.717) is 12.1 Å². The van der Waals surface area contributed by atoms with Crippen LogP contribution in [0, 0.1) is 5.92 Å². The van der Waals surface area contributed by atoms with Gasteiger partial charge in [0.1, 0.15) is 6.04 Å². The number of nitrogens with two attached hydrogens (primary N) is 1. The summed E-state index contributed by atoms with van der Waals surface area (Å²) in [4.78, 5) is 26.5. The van der Waals surface area contributed by atoms with Gasteiger partial charge in [0.05, 0.1) is 13.2 Å². The molecule has 0 spiro atoms. The summed E-state index contributed by atoms with van der Waals surface area (Å²) in [5.74, 6) is -0.485. The lowest BCUT2D eigenvalue weighted by atomic mass is 10.0.